The zero-order chi connectivity index (χ0) is 19.9. The van der Waals surface area contributed by atoms with Gasteiger partial charge in [0.15, 0.2) is 0 Å². The first-order valence-electron chi connectivity index (χ1n) is 9.58. The van der Waals surface area contributed by atoms with E-state index in [2.05, 4.69) is 10.2 Å². The highest BCUT2D eigenvalue weighted by Crippen LogP contribution is 2.31. The van der Waals surface area contributed by atoms with Crippen LogP contribution < -0.4 is 14.8 Å². The SMILES string of the molecule is COc1ccc(NC(=O)CN2CCC(C(O)c3ccccc3)CC2)c(OC)c1. The second-order valence-electron chi connectivity index (χ2n) is 7.08. The predicted molar refractivity (Wildman–Crippen MR) is 109 cm³/mol. The number of aliphatic hydroxyl groups excluding tert-OH is 1. The third-order valence-corrected chi connectivity index (χ3v) is 5.27. The van der Waals surface area contributed by atoms with E-state index in [-0.39, 0.29) is 11.8 Å². The lowest BCUT2D eigenvalue weighted by Crippen LogP contribution is -2.40. The Labute approximate surface area is 166 Å². The van der Waals surface area contributed by atoms with Crippen LogP contribution in [0.4, 0.5) is 5.69 Å². The van der Waals surface area contributed by atoms with Crippen molar-refractivity contribution in [3.05, 3.63) is 54.1 Å². The number of nitrogens with zero attached hydrogens (tertiary/aromatic N) is 1. The van der Waals surface area contributed by atoms with Gasteiger partial charge in [-0.1, -0.05) is 30.3 Å². The number of carbonyl (C=O) groups excluding carboxylic acids is 1. The van der Waals surface area contributed by atoms with Gasteiger partial charge in [0.1, 0.15) is 11.5 Å². The van der Waals surface area contributed by atoms with Gasteiger partial charge in [-0.15, -0.1) is 0 Å². The summed E-state index contributed by atoms with van der Waals surface area (Å²) >= 11 is 0. The smallest absolute Gasteiger partial charge is 0.238 e. The summed E-state index contributed by atoms with van der Waals surface area (Å²) in [7, 11) is 3.15. The Morgan fingerprint density at radius 2 is 1.86 bits per heavy atom. The highest BCUT2D eigenvalue weighted by molar-refractivity contribution is 5.93. The van der Waals surface area contributed by atoms with Crippen LogP contribution in [0.2, 0.25) is 0 Å². The lowest BCUT2D eigenvalue weighted by Gasteiger charge is -2.34. The molecule has 1 unspecified atom stereocenters. The molecule has 0 aromatic heterocycles. The molecule has 0 aliphatic carbocycles. The first kappa shape index (κ1) is 20.2. The standard InChI is InChI=1S/C22H28N2O4/c1-27-18-8-9-19(20(14-18)28-2)23-21(25)15-24-12-10-17(11-13-24)22(26)16-6-4-3-5-7-16/h3-9,14,17,22,26H,10-13,15H2,1-2H3,(H,23,25). The quantitative estimate of drug-likeness (QED) is 0.768. The van der Waals surface area contributed by atoms with E-state index >= 15 is 0 Å². The summed E-state index contributed by atoms with van der Waals surface area (Å²) in [6.45, 7) is 1.91. The van der Waals surface area contributed by atoms with Gasteiger partial charge in [-0.2, -0.15) is 0 Å². The van der Waals surface area contributed by atoms with Crippen molar-refractivity contribution in [1.29, 1.82) is 0 Å². The predicted octanol–water partition coefficient (Wildman–Crippen LogP) is 3.09. The molecule has 1 heterocycles. The summed E-state index contributed by atoms with van der Waals surface area (Å²) in [4.78, 5) is 14.6. The third-order valence-electron chi connectivity index (χ3n) is 5.27. The number of anilines is 1. The van der Waals surface area contributed by atoms with Crippen molar-refractivity contribution in [3.8, 4) is 11.5 Å². The van der Waals surface area contributed by atoms with Gasteiger partial charge in [0.25, 0.3) is 0 Å². The number of benzene rings is 2. The number of rotatable bonds is 7. The molecule has 0 spiro atoms. The van der Waals surface area contributed by atoms with E-state index in [1.54, 1.807) is 32.4 Å². The first-order valence-corrected chi connectivity index (χ1v) is 9.58. The van der Waals surface area contributed by atoms with Crippen LogP contribution in [0.25, 0.3) is 0 Å². The Morgan fingerprint density at radius 1 is 1.14 bits per heavy atom. The van der Waals surface area contributed by atoms with Gasteiger partial charge < -0.3 is 19.9 Å². The molecule has 6 heteroatoms. The minimum absolute atomic E-state index is 0.0782. The average Bonchev–Trinajstić information content (AvgIpc) is 2.74. The molecule has 2 aromatic rings. The molecule has 1 aliphatic heterocycles. The maximum atomic E-state index is 12.5. The number of aliphatic hydroxyl groups is 1. The fourth-order valence-electron chi connectivity index (χ4n) is 3.64. The number of piperidine rings is 1. The van der Waals surface area contributed by atoms with E-state index in [1.165, 1.54) is 0 Å². The molecular formula is C22H28N2O4. The van der Waals surface area contributed by atoms with E-state index in [1.807, 2.05) is 30.3 Å². The van der Waals surface area contributed by atoms with Crippen LogP contribution in [-0.4, -0.2) is 49.8 Å². The maximum absolute atomic E-state index is 12.5. The number of methoxy groups -OCH3 is 2. The second kappa shape index (κ2) is 9.57. The number of carbonyl (C=O) groups is 1. The van der Waals surface area contributed by atoms with Crippen LogP contribution in [0.5, 0.6) is 11.5 Å². The lowest BCUT2D eigenvalue weighted by molar-refractivity contribution is -0.117. The average molecular weight is 384 g/mol. The summed E-state index contributed by atoms with van der Waals surface area (Å²) in [5, 5.41) is 13.5. The van der Waals surface area contributed by atoms with Crippen molar-refractivity contribution in [3.63, 3.8) is 0 Å². The fraction of sp³-hybridized carbons (Fsp3) is 0.409. The number of amides is 1. The highest BCUT2D eigenvalue weighted by atomic mass is 16.5. The van der Waals surface area contributed by atoms with E-state index in [0.717, 1.165) is 31.5 Å². The molecule has 1 saturated heterocycles. The van der Waals surface area contributed by atoms with Gasteiger partial charge in [-0.3, -0.25) is 9.69 Å². The molecule has 2 N–H and O–H groups in total. The van der Waals surface area contributed by atoms with Crippen LogP contribution in [-0.2, 0) is 4.79 Å². The molecule has 3 rings (SSSR count). The topological polar surface area (TPSA) is 71.0 Å². The summed E-state index contributed by atoms with van der Waals surface area (Å²) < 4.78 is 10.5. The Kier molecular flexibility index (Phi) is 6.90. The van der Waals surface area contributed by atoms with E-state index < -0.39 is 6.10 Å². The number of likely N-dealkylation sites (tertiary alicyclic amines) is 1. The van der Waals surface area contributed by atoms with Crippen molar-refractivity contribution in [1.82, 2.24) is 4.90 Å². The monoisotopic (exact) mass is 384 g/mol. The summed E-state index contributed by atoms with van der Waals surface area (Å²) in [5.41, 5.74) is 1.59. The number of hydrogen-bond acceptors (Lipinski definition) is 5. The normalized spacial score (nSPS) is 16.4. The van der Waals surface area contributed by atoms with Crippen molar-refractivity contribution in [2.75, 3.05) is 39.2 Å². The molecule has 1 atom stereocenters. The molecule has 1 aliphatic rings. The Balaban J connectivity index is 1.50. The van der Waals surface area contributed by atoms with Crippen molar-refractivity contribution in [2.24, 2.45) is 5.92 Å². The Hall–Kier alpha value is -2.57. The molecule has 0 radical (unpaired) electrons. The van der Waals surface area contributed by atoms with Crippen LogP contribution >= 0.6 is 0 Å². The second-order valence-corrected chi connectivity index (χ2v) is 7.08. The molecule has 0 bridgehead atoms. The van der Waals surface area contributed by atoms with Gasteiger partial charge in [0.2, 0.25) is 5.91 Å². The van der Waals surface area contributed by atoms with Gasteiger partial charge in [0, 0.05) is 6.07 Å². The minimum atomic E-state index is -0.444. The van der Waals surface area contributed by atoms with Gasteiger partial charge in [-0.25, -0.2) is 0 Å². The van der Waals surface area contributed by atoms with Gasteiger partial charge >= 0.3 is 0 Å². The molecule has 6 nitrogen and oxygen atoms in total. The van der Waals surface area contributed by atoms with Crippen molar-refractivity contribution >= 4 is 11.6 Å². The fourth-order valence-corrected chi connectivity index (χ4v) is 3.64. The van der Waals surface area contributed by atoms with E-state index in [9.17, 15) is 9.90 Å². The maximum Gasteiger partial charge on any atom is 0.238 e. The van der Waals surface area contributed by atoms with Crippen LogP contribution in [0.1, 0.15) is 24.5 Å². The zero-order valence-electron chi connectivity index (χ0n) is 16.4. The zero-order valence-corrected chi connectivity index (χ0v) is 16.4. The minimum Gasteiger partial charge on any atom is -0.497 e. The van der Waals surface area contributed by atoms with E-state index in [4.69, 9.17) is 9.47 Å². The van der Waals surface area contributed by atoms with Crippen LogP contribution in [0.15, 0.2) is 48.5 Å². The van der Waals surface area contributed by atoms with Crippen molar-refractivity contribution in [2.45, 2.75) is 18.9 Å². The molecule has 0 saturated carbocycles. The Morgan fingerprint density at radius 3 is 2.50 bits per heavy atom. The summed E-state index contributed by atoms with van der Waals surface area (Å²) in [5.74, 6) is 1.39. The molecule has 1 fully saturated rings. The summed E-state index contributed by atoms with van der Waals surface area (Å²) in [6, 6.07) is 15.1. The number of ether oxygens (including phenoxy) is 2. The molecule has 2 aromatic carbocycles. The third kappa shape index (κ3) is 5.03. The largest absolute Gasteiger partial charge is 0.497 e. The van der Waals surface area contributed by atoms with Crippen molar-refractivity contribution < 1.29 is 19.4 Å². The highest BCUT2D eigenvalue weighted by Gasteiger charge is 2.27. The van der Waals surface area contributed by atoms with Crippen LogP contribution in [0, 0.1) is 5.92 Å². The van der Waals surface area contributed by atoms with Gasteiger partial charge in [-0.05, 0) is 49.5 Å². The number of nitrogens with one attached hydrogen (secondary N) is 1. The lowest BCUT2D eigenvalue weighted by atomic mass is 9.87. The molecule has 1 amide bonds. The van der Waals surface area contributed by atoms with E-state index in [0.29, 0.717) is 23.7 Å². The number of hydrogen-bond donors (Lipinski definition) is 2. The van der Waals surface area contributed by atoms with Gasteiger partial charge in [0.05, 0.1) is 32.6 Å². The Bertz CT molecular complexity index is 773. The molecular weight excluding hydrogens is 356 g/mol. The molecule has 28 heavy (non-hydrogen) atoms. The summed E-state index contributed by atoms with van der Waals surface area (Å²) in [6.07, 6.45) is 1.30. The molecule has 150 valence electrons. The van der Waals surface area contributed by atoms with Crippen LogP contribution in [0.3, 0.4) is 0 Å². The first-order chi connectivity index (χ1) is 13.6.